The van der Waals surface area contributed by atoms with Gasteiger partial charge in [-0.2, -0.15) is 0 Å². The van der Waals surface area contributed by atoms with Crippen LogP contribution in [0.2, 0.25) is 0 Å². The summed E-state index contributed by atoms with van der Waals surface area (Å²) < 4.78 is 15.9. The predicted molar refractivity (Wildman–Crippen MR) is 109 cm³/mol. The Morgan fingerprint density at radius 2 is 1.62 bits per heavy atom. The van der Waals surface area contributed by atoms with Gasteiger partial charge in [0.15, 0.2) is 11.5 Å². The van der Waals surface area contributed by atoms with Crippen molar-refractivity contribution >= 4 is 11.7 Å². The smallest absolute Gasteiger partial charge is 0.319 e. The Kier molecular flexibility index (Phi) is 6.47. The molecule has 1 aromatic heterocycles. The van der Waals surface area contributed by atoms with Crippen molar-refractivity contribution < 1.29 is 19.0 Å². The first-order valence-electron chi connectivity index (χ1n) is 8.85. The molecule has 2 amide bonds. The first kappa shape index (κ1) is 19.9. The number of methoxy groups -OCH3 is 3. The van der Waals surface area contributed by atoms with Gasteiger partial charge >= 0.3 is 6.03 Å². The summed E-state index contributed by atoms with van der Waals surface area (Å²) in [5.41, 5.74) is 2.98. The zero-order chi connectivity index (χ0) is 20.6. The van der Waals surface area contributed by atoms with Crippen molar-refractivity contribution in [3.63, 3.8) is 0 Å². The zero-order valence-corrected chi connectivity index (χ0v) is 16.4. The Morgan fingerprint density at radius 1 is 0.931 bits per heavy atom. The summed E-state index contributed by atoms with van der Waals surface area (Å²) in [6, 6.07) is 14.5. The molecule has 0 saturated heterocycles. The molecule has 0 saturated carbocycles. The molecule has 0 unspecified atom stereocenters. The second-order valence-electron chi connectivity index (χ2n) is 5.98. The summed E-state index contributed by atoms with van der Waals surface area (Å²) in [6.07, 6.45) is 1.48. The van der Waals surface area contributed by atoms with Gasteiger partial charge in [-0.3, -0.25) is 0 Å². The van der Waals surface area contributed by atoms with E-state index in [1.807, 2.05) is 36.4 Å². The van der Waals surface area contributed by atoms with Crippen LogP contribution < -0.4 is 24.8 Å². The number of carbonyl (C=O) groups is 1. The normalized spacial score (nSPS) is 10.2. The van der Waals surface area contributed by atoms with E-state index in [1.165, 1.54) is 27.7 Å². The average molecular weight is 394 g/mol. The topological polar surface area (TPSA) is 94.6 Å². The standard InChI is InChI=1S/C21H22N4O4/c1-27-18-10-15(11-19(28-2)20(18)29-3)25-21(26)22-12-16-9-17(24-13-23-16)14-7-5-4-6-8-14/h4-11,13H,12H2,1-3H3,(H2,22,25,26). The molecule has 2 aromatic carbocycles. The zero-order valence-electron chi connectivity index (χ0n) is 16.4. The van der Waals surface area contributed by atoms with E-state index in [1.54, 1.807) is 12.1 Å². The first-order valence-corrected chi connectivity index (χ1v) is 8.85. The molecular formula is C21H22N4O4. The molecule has 0 fully saturated rings. The number of amides is 2. The third-order valence-electron chi connectivity index (χ3n) is 4.15. The van der Waals surface area contributed by atoms with E-state index < -0.39 is 0 Å². The number of ether oxygens (including phenoxy) is 3. The molecule has 1 heterocycles. The maximum atomic E-state index is 12.3. The van der Waals surface area contributed by atoms with Crippen LogP contribution in [-0.2, 0) is 6.54 Å². The fraction of sp³-hybridized carbons (Fsp3) is 0.190. The average Bonchev–Trinajstić information content (AvgIpc) is 2.77. The van der Waals surface area contributed by atoms with Crippen molar-refractivity contribution in [2.75, 3.05) is 26.6 Å². The van der Waals surface area contributed by atoms with E-state index in [2.05, 4.69) is 20.6 Å². The van der Waals surface area contributed by atoms with Crippen LogP contribution in [0.15, 0.2) is 54.9 Å². The van der Waals surface area contributed by atoms with Crippen LogP contribution in [-0.4, -0.2) is 37.3 Å². The minimum absolute atomic E-state index is 0.249. The summed E-state index contributed by atoms with van der Waals surface area (Å²) in [4.78, 5) is 20.8. The first-order chi connectivity index (χ1) is 14.1. The van der Waals surface area contributed by atoms with Gasteiger partial charge in [-0.15, -0.1) is 0 Å². The molecule has 0 atom stereocenters. The molecule has 0 aliphatic heterocycles. The third-order valence-corrected chi connectivity index (χ3v) is 4.15. The molecule has 0 spiro atoms. The number of hydrogen-bond acceptors (Lipinski definition) is 6. The highest BCUT2D eigenvalue weighted by molar-refractivity contribution is 5.90. The van der Waals surface area contributed by atoms with Crippen LogP contribution in [0, 0.1) is 0 Å². The summed E-state index contributed by atoms with van der Waals surface area (Å²) in [6.45, 7) is 0.249. The number of rotatable bonds is 7. The monoisotopic (exact) mass is 394 g/mol. The van der Waals surface area contributed by atoms with Crippen molar-refractivity contribution in [3.05, 3.63) is 60.6 Å². The lowest BCUT2D eigenvalue weighted by molar-refractivity contribution is 0.251. The fourth-order valence-corrected chi connectivity index (χ4v) is 2.76. The third kappa shape index (κ3) is 4.92. The van der Waals surface area contributed by atoms with Crippen molar-refractivity contribution in [1.82, 2.24) is 15.3 Å². The maximum Gasteiger partial charge on any atom is 0.319 e. The SMILES string of the molecule is COc1cc(NC(=O)NCc2cc(-c3ccccc3)ncn2)cc(OC)c1OC. The van der Waals surface area contributed by atoms with E-state index in [0.717, 1.165) is 11.3 Å². The summed E-state index contributed by atoms with van der Waals surface area (Å²) in [7, 11) is 4.55. The number of urea groups is 1. The van der Waals surface area contributed by atoms with E-state index in [-0.39, 0.29) is 12.6 Å². The molecule has 29 heavy (non-hydrogen) atoms. The van der Waals surface area contributed by atoms with E-state index in [0.29, 0.717) is 28.6 Å². The predicted octanol–water partition coefficient (Wildman–Crippen LogP) is 3.49. The Balaban J connectivity index is 1.66. The molecule has 150 valence electrons. The van der Waals surface area contributed by atoms with Crippen molar-refractivity contribution in [1.29, 1.82) is 0 Å². The van der Waals surface area contributed by atoms with Crippen LogP contribution in [0.25, 0.3) is 11.3 Å². The molecule has 0 bridgehead atoms. The summed E-state index contributed by atoms with van der Waals surface area (Å²) >= 11 is 0. The van der Waals surface area contributed by atoms with Gasteiger partial charge in [0, 0.05) is 17.7 Å². The molecule has 0 aliphatic rings. The van der Waals surface area contributed by atoms with Gasteiger partial charge in [0.25, 0.3) is 0 Å². The highest BCUT2D eigenvalue weighted by Gasteiger charge is 2.14. The summed E-state index contributed by atoms with van der Waals surface area (Å²) in [5.74, 6) is 1.35. The molecule has 8 nitrogen and oxygen atoms in total. The van der Waals surface area contributed by atoms with Crippen molar-refractivity contribution in [3.8, 4) is 28.5 Å². The van der Waals surface area contributed by atoms with Crippen LogP contribution >= 0.6 is 0 Å². The van der Waals surface area contributed by atoms with Crippen LogP contribution in [0.3, 0.4) is 0 Å². The highest BCUT2D eigenvalue weighted by atomic mass is 16.5. The number of nitrogens with one attached hydrogen (secondary N) is 2. The maximum absolute atomic E-state index is 12.3. The Bertz CT molecular complexity index is 954. The molecule has 2 N–H and O–H groups in total. The molecule has 0 aliphatic carbocycles. The second kappa shape index (κ2) is 9.41. The number of carbonyl (C=O) groups excluding carboxylic acids is 1. The number of benzene rings is 2. The van der Waals surface area contributed by atoms with E-state index in [4.69, 9.17) is 14.2 Å². The van der Waals surface area contributed by atoms with Crippen LogP contribution in [0.5, 0.6) is 17.2 Å². The lowest BCUT2D eigenvalue weighted by Gasteiger charge is -2.15. The van der Waals surface area contributed by atoms with Gasteiger partial charge in [-0.05, 0) is 6.07 Å². The van der Waals surface area contributed by atoms with Crippen molar-refractivity contribution in [2.24, 2.45) is 0 Å². The van der Waals surface area contributed by atoms with Gasteiger partial charge in [0.2, 0.25) is 5.75 Å². The van der Waals surface area contributed by atoms with Gasteiger partial charge in [0.1, 0.15) is 6.33 Å². The van der Waals surface area contributed by atoms with Gasteiger partial charge < -0.3 is 24.8 Å². The second-order valence-corrected chi connectivity index (χ2v) is 5.98. The molecular weight excluding hydrogens is 372 g/mol. The minimum Gasteiger partial charge on any atom is -0.493 e. The Labute approximate surface area is 168 Å². The van der Waals surface area contributed by atoms with E-state index in [9.17, 15) is 4.79 Å². The fourth-order valence-electron chi connectivity index (χ4n) is 2.76. The number of aromatic nitrogens is 2. The molecule has 8 heteroatoms. The quantitative estimate of drug-likeness (QED) is 0.637. The Hall–Kier alpha value is -3.81. The number of hydrogen-bond donors (Lipinski definition) is 2. The lowest BCUT2D eigenvalue weighted by Crippen LogP contribution is -2.28. The van der Waals surface area contributed by atoms with Crippen LogP contribution in [0.1, 0.15) is 5.69 Å². The highest BCUT2D eigenvalue weighted by Crippen LogP contribution is 2.39. The van der Waals surface area contributed by atoms with Gasteiger partial charge in [0.05, 0.1) is 44.9 Å². The molecule has 3 aromatic rings. The minimum atomic E-state index is -0.390. The van der Waals surface area contributed by atoms with Crippen molar-refractivity contribution in [2.45, 2.75) is 6.54 Å². The molecule has 3 rings (SSSR count). The molecule has 0 radical (unpaired) electrons. The van der Waals surface area contributed by atoms with E-state index >= 15 is 0 Å². The number of nitrogens with zero attached hydrogens (tertiary/aromatic N) is 2. The summed E-state index contributed by atoms with van der Waals surface area (Å²) in [5, 5.41) is 5.53. The van der Waals surface area contributed by atoms with Gasteiger partial charge in [-0.25, -0.2) is 14.8 Å². The van der Waals surface area contributed by atoms with Gasteiger partial charge in [-0.1, -0.05) is 30.3 Å². The largest absolute Gasteiger partial charge is 0.493 e. The number of anilines is 1. The Morgan fingerprint density at radius 3 is 2.24 bits per heavy atom. The van der Waals surface area contributed by atoms with Crippen LogP contribution in [0.4, 0.5) is 10.5 Å². The lowest BCUT2D eigenvalue weighted by atomic mass is 10.1.